The minimum absolute atomic E-state index is 0. The SMILES string of the molecule is Cl.Cn1cc(C(=O)N2CCC3CCC(C2)N3)cn1. The zero-order chi connectivity index (χ0) is 11.8. The molecule has 2 unspecified atom stereocenters. The van der Waals surface area contributed by atoms with Crippen LogP contribution in [-0.2, 0) is 7.05 Å². The molecule has 2 aliphatic rings. The molecule has 3 rings (SSSR count). The molecule has 2 bridgehead atoms. The molecular weight excluding hydrogens is 252 g/mol. The van der Waals surface area contributed by atoms with E-state index in [-0.39, 0.29) is 18.3 Å². The van der Waals surface area contributed by atoms with Crippen LogP contribution in [0.5, 0.6) is 0 Å². The Morgan fingerprint density at radius 1 is 1.39 bits per heavy atom. The summed E-state index contributed by atoms with van der Waals surface area (Å²) in [5.74, 6) is 0.118. The summed E-state index contributed by atoms with van der Waals surface area (Å²) >= 11 is 0. The normalized spacial score (nSPS) is 26.6. The van der Waals surface area contributed by atoms with E-state index in [9.17, 15) is 4.79 Å². The van der Waals surface area contributed by atoms with Gasteiger partial charge >= 0.3 is 0 Å². The smallest absolute Gasteiger partial charge is 0.257 e. The Morgan fingerprint density at radius 2 is 2.17 bits per heavy atom. The van der Waals surface area contributed by atoms with Crippen molar-refractivity contribution in [3.05, 3.63) is 18.0 Å². The van der Waals surface area contributed by atoms with Gasteiger partial charge in [-0.25, -0.2) is 0 Å². The number of carbonyl (C=O) groups excluding carboxylic acids is 1. The third-order valence-corrected chi connectivity index (χ3v) is 3.76. The molecule has 1 aromatic rings. The summed E-state index contributed by atoms with van der Waals surface area (Å²) in [5, 5.41) is 7.64. The molecule has 0 aromatic carbocycles. The van der Waals surface area contributed by atoms with Gasteiger partial charge in [-0.3, -0.25) is 9.48 Å². The number of halogens is 1. The number of hydrogen-bond acceptors (Lipinski definition) is 3. The molecule has 5 nitrogen and oxygen atoms in total. The van der Waals surface area contributed by atoms with Crippen LogP contribution in [-0.4, -0.2) is 45.8 Å². The Morgan fingerprint density at radius 3 is 2.89 bits per heavy atom. The molecule has 1 aromatic heterocycles. The summed E-state index contributed by atoms with van der Waals surface area (Å²) in [6, 6.07) is 1.11. The number of rotatable bonds is 1. The molecule has 2 aliphatic heterocycles. The molecule has 100 valence electrons. The average molecular weight is 271 g/mol. The van der Waals surface area contributed by atoms with Crippen LogP contribution < -0.4 is 5.32 Å². The van der Waals surface area contributed by atoms with Gasteiger partial charge in [0.1, 0.15) is 0 Å². The lowest BCUT2D eigenvalue weighted by Gasteiger charge is -2.23. The van der Waals surface area contributed by atoms with E-state index in [0.717, 1.165) is 19.5 Å². The monoisotopic (exact) mass is 270 g/mol. The lowest BCUT2D eigenvalue weighted by atomic mass is 10.1. The molecular formula is C12H19ClN4O. The quantitative estimate of drug-likeness (QED) is 0.822. The van der Waals surface area contributed by atoms with Gasteiger partial charge in [0.2, 0.25) is 0 Å². The van der Waals surface area contributed by atoms with E-state index in [1.54, 1.807) is 17.1 Å². The van der Waals surface area contributed by atoms with Crippen LogP contribution in [0.2, 0.25) is 0 Å². The number of nitrogens with one attached hydrogen (secondary N) is 1. The fraction of sp³-hybridized carbons (Fsp3) is 0.667. The molecule has 0 aliphatic carbocycles. The van der Waals surface area contributed by atoms with E-state index >= 15 is 0 Å². The highest BCUT2D eigenvalue weighted by atomic mass is 35.5. The Bertz CT molecular complexity index is 433. The first kappa shape index (κ1) is 13.4. The Labute approximate surface area is 113 Å². The van der Waals surface area contributed by atoms with E-state index in [0.29, 0.717) is 17.6 Å². The predicted molar refractivity (Wildman–Crippen MR) is 70.9 cm³/mol. The first-order valence-corrected chi connectivity index (χ1v) is 6.26. The molecule has 0 spiro atoms. The number of nitrogens with zero attached hydrogens (tertiary/aromatic N) is 3. The number of hydrogen-bond donors (Lipinski definition) is 1. The van der Waals surface area contributed by atoms with Crippen molar-refractivity contribution in [1.82, 2.24) is 20.0 Å². The van der Waals surface area contributed by atoms with Gasteiger partial charge in [-0.15, -0.1) is 12.4 Å². The van der Waals surface area contributed by atoms with Crippen molar-refractivity contribution >= 4 is 18.3 Å². The molecule has 6 heteroatoms. The van der Waals surface area contributed by atoms with Crippen molar-refractivity contribution < 1.29 is 4.79 Å². The summed E-state index contributed by atoms with van der Waals surface area (Å²) in [6.07, 6.45) is 6.97. The van der Waals surface area contributed by atoms with Crippen LogP contribution in [0.15, 0.2) is 12.4 Å². The molecule has 0 saturated carbocycles. The van der Waals surface area contributed by atoms with E-state index in [1.807, 2.05) is 11.9 Å². The van der Waals surface area contributed by atoms with Gasteiger partial charge < -0.3 is 10.2 Å². The van der Waals surface area contributed by atoms with Gasteiger partial charge in [0.15, 0.2) is 0 Å². The molecule has 2 atom stereocenters. The molecule has 3 heterocycles. The minimum Gasteiger partial charge on any atom is -0.337 e. The number of likely N-dealkylation sites (tertiary alicyclic amines) is 1. The van der Waals surface area contributed by atoms with Crippen LogP contribution in [0.1, 0.15) is 29.6 Å². The van der Waals surface area contributed by atoms with Crippen molar-refractivity contribution in [1.29, 1.82) is 0 Å². The maximum atomic E-state index is 12.3. The predicted octanol–water partition coefficient (Wildman–Crippen LogP) is 0.808. The molecule has 18 heavy (non-hydrogen) atoms. The highest BCUT2D eigenvalue weighted by molar-refractivity contribution is 5.93. The number of fused-ring (bicyclic) bond motifs is 2. The minimum atomic E-state index is 0. The largest absolute Gasteiger partial charge is 0.337 e. The van der Waals surface area contributed by atoms with Crippen LogP contribution in [0, 0.1) is 0 Å². The Balaban J connectivity index is 0.00000120. The van der Waals surface area contributed by atoms with Gasteiger partial charge in [-0.1, -0.05) is 0 Å². The lowest BCUT2D eigenvalue weighted by molar-refractivity contribution is 0.0748. The fourth-order valence-corrected chi connectivity index (χ4v) is 2.84. The van der Waals surface area contributed by atoms with Crippen LogP contribution in [0.3, 0.4) is 0 Å². The first-order chi connectivity index (χ1) is 8.22. The second-order valence-electron chi connectivity index (χ2n) is 5.08. The molecule has 1 amide bonds. The van der Waals surface area contributed by atoms with Gasteiger partial charge in [-0.05, 0) is 19.3 Å². The van der Waals surface area contributed by atoms with Crippen molar-refractivity contribution in [2.75, 3.05) is 13.1 Å². The Kier molecular flexibility index (Phi) is 3.92. The maximum Gasteiger partial charge on any atom is 0.257 e. The molecule has 2 saturated heterocycles. The van der Waals surface area contributed by atoms with Crippen molar-refractivity contribution in [2.45, 2.75) is 31.3 Å². The molecule has 0 radical (unpaired) electrons. The summed E-state index contributed by atoms with van der Waals surface area (Å²) < 4.78 is 1.68. The van der Waals surface area contributed by atoms with E-state index in [4.69, 9.17) is 0 Å². The second kappa shape index (κ2) is 5.28. The highest BCUT2D eigenvalue weighted by Gasteiger charge is 2.31. The third kappa shape index (κ3) is 2.52. The van der Waals surface area contributed by atoms with Gasteiger partial charge in [-0.2, -0.15) is 5.10 Å². The molecule has 1 N–H and O–H groups in total. The average Bonchev–Trinajstić information content (AvgIpc) is 2.84. The second-order valence-corrected chi connectivity index (χ2v) is 5.08. The summed E-state index contributed by atoms with van der Waals surface area (Å²) in [5.41, 5.74) is 0.699. The number of aromatic nitrogens is 2. The van der Waals surface area contributed by atoms with Crippen molar-refractivity contribution in [3.63, 3.8) is 0 Å². The maximum absolute atomic E-state index is 12.3. The zero-order valence-corrected chi connectivity index (χ0v) is 11.3. The van der Waals surface area contributed by atoms with Gasteiger partial charge in [0, 0.05) is 38.4 Å². The fourth-order valence-electron chi connectivity index (χ4n) is 2.84. The van der Waals surface area contributed by atoms with Gasteiger partial charge in [0.25, 0.3) is 5.91 Å². The van der Waals surface area contributed by atoms with E-state index < -0.39 is 0 Å². The Hall–Kier alpha value is -1.07. The van der Waals surface area contributed by atoms with Crippen molar-refractivity contribution in [2.24, 2.45) is 7.05 Å². The lowest BCUT2D eigenvalue weighted by Crippen LogP contribution is -2.38. The standard InChI is InChI=1S/C12H18N4O.ClH/c1-15-7-9(6-13-15)12(17)16-5-4-10-2-3-11(8-16)14-10;/h6-7,10-11,14H,2-5,8H2,1H3;1H. The summed E-state index contributed by atoms with van der Waals surface area (Å²) in [6.45, 7) is 1.70. The van der Waals surface area contributed by atoms with E-state index in [2.05, 4.69) is 10.4 Å². The van der Waals surface area contributed by atoms with Crippen LogP contribution >= 0.6 is 12.4 Å². The zero-order valence-electron chi connectivity index (χ0n) is 10.5. The number of carbonyl (C=O) groups is 1. The number of aryl methyl sites for hydroxylation is 1. The number of amides is 1. The van der Waals surface area contributed by atoms with Crippen LogP contribution in [0.25, 0.3) is 0 Å². The van der Waals surface area contributed by atoms with Crippen LogP contribution in [0.4, 0.5) is 0 Å². The van der Waals surface area contributed by atoms with E-state index in [1.165, 1.54) is 12.8 Å². The summed E-state index contributed by atoms with van der Waals surface area (Å²) in [4.78, 5) is 14.3. The van der Waals surface area contributed by atoms with Crippen molar-refractivity contribution in [3.8, 4) is 0 Å². The third-order valence-electron chi connectivity index (χ3n) is 3.76. The topological polar surface area (TPSA) is 50.2 Å². The van der Waals surface area contributed by atoms with Gasteiger partial charge in [0.05, 0.1) is 11.8 Å². The highest BCUT2D eigenvalue weighted by Crippen LogP contribution is 2.21. The summed E-state index contributed by atoms with van der Waals surface area (Å²) in [7, 11) is 1.84. The molecule has 2 fully saturated rings. The first-order valence-electron chi connectivity index (χ1n) is 6.26.